The molecule has 7 heteroatoms. The number of aliphatic hydroxyl groups excluding tert-OH is 1. The summed E-state index contributed by atoms with van der Waals surface area (Å²) in [5, 5.41) is 9.59. The Labute approximate surface area is 126 Å². The van der Waals surface area contributed by atoms with Crippen LogP contribution in [0.2, 0.25) is 0 Å². The summed E-state index contributed by atoms with van der Waals surface area (Å²) in [4.78, 5) is 17.1. The van der Waals surface area contributed by atoms with Crippen LogP contribution in [0, 0.1) is 5.41 Å². The number of aliphatic hydroxyl groups is 1. The van der Waals surface area contributed by atoms with E-state index in [1.165, 1.54) is 0 Å². The van der Waals surface area contributed by atoms with Crippen LogP contribution in [0.4, 0.5) is 11.9 Å². The molecular formula is C14H26N6O. The van der Waals surface area contributed by atoms with E-state index in [1.54, 1.807) is 0 Å². The molecule has 1 aliphatic heterocycles. The van der Waals surface area contributed by atoms with Gasteiger partial charge < -0.3 is 15.7 Å². The highest BCUT2D eigenvalue weighted by atomic mass is 16.3. The molecule has 7 nitrogen and oxygen atoms in total. The van der Waals surface area contributed by atoms with E-state index in [9.17, 15) is 5.11 Å². The fourth-order valence-corrected chi connectivity index (χ4v) is 2.76. The van der Waals surface area contributed by atoms with Crippen LogP contribution in [0.25, 0.3) is 0 Å². The number of piperidine rings is 1. The molecule has 0 aliphatic carbocycles. The smallest absolute Gasteiger partial charge is 0.229 e. The Morgan fingerprint density at radius 2 is 2.10 bits per heavy atom. The summed E-state index contributed by atoms with van der Waals surface area (Å²) in [6, 6.07) is 0.0557. The zero-order valence-corrected chi connectivity index (χ0v) is 13.4. The Balaban J connectivity index is 2.21. The van der Waals surface area contributed by atoms with E-state index >= 15 is 0 Å². The molecule has 118 valence electrons. The van der Waals surface area contributed by atoms with Crippen molar-refractivity contribution < 1.29 is 5.11 Å². The first kappa shape index (κ1) is 15.9. The fraction of sp³-hybridized carbons (Fsp3) is 0.786. The van der Waals surface area contributed by atoms with Gasteiger partial charge in [-0.2, -0.15) is 15.0 Å². The van der Waals surface area contributed by atoms with Crippen molar-refractivity contribution >= 4 is 11.9 Å². The van der Waals surface area contributed by atoms with Gasteiger partial charge in [0.25, 0.3) is 0 Å². The lowest BCUT2D eigenvalue weighted by Gasteiger charge is -2.41. The fourth-order valence-electron chi connectivity index (χ4n) is 2.76. The molecule has 1 aliphatic rings. The first-order valence-corrected chi connectivity index (χ1v) is 7.38. The molecular weight excluding hydrogens is 268 g/mol. The lowest BCUT2D eigenvalue weighted by atomic mass is 9.82. The van der Waals surface area contributed by atoms with Gasteiger partial charge in [-0.15, -0.1) is 0 Å². The van der Waals surface area contributed by atoms with Gasteiger partial charge in [-0.05, 0) is 26.3 Å². The summed E-state index contributed by atoms with van der Waals surface area (Å²) in [5.74, 6) is 1.51. The van der Waals surface area contributed by atoms with Crippen molar-refractivity contribution in [3.63, 3.8) is 0 Å². The van der Waals surface area contributed by atoms with Crippen LogP contribution < -0.4 is 10.6 Å². The van der Waals surface area contributed by atoms with Gasteiger partial charge >= 0.3 is 0 Å². The summed E-state index contributed by atoms with van der Waals surface area (Å²) in [6.45, 7) is 6.24. The number of anilines is 2. The van der Waals surface area contributed by atoms with Crippen LogP contribution >= 0.6 is 0 Å². The number of nitrogens with zero attached hydrogens (tertiary/aromatic N) is 5. The second kappa shape index (κ2) is 6.11. The third-order valence-corrected chi connectivity index (χ3v) is 4.17. The van der Waals surface area contributed by atoms with E-state index in [0.717, 1.165) is 25.9 Å². The largest absolute Gasteiger partial charge is 0.396 e. The molecule has 2 rings (SSSR count). The number of rotatable bonds is 4. The third kappa shape index (κ3) is 3.59. The van der Waals surface area contributed by atoms with Crippen LogP contribution in [-0.2, 0) is 0 Å². The van der Waals surface area contributed by atoms with Crippen molar-refractivity contribution in [2.24, 2.45) is 5.41 Å². The van der Waals surface area contributed by atoms with Crippen molar-refractivity contribution in [2.45, 2.75) is 32.7 Å². The van der Waals surface area contributed by atoms with Crippen molar-refractivity contribution in [3.8, 4) is 0 Å². The Morgan fingerprint density at radius 1 is 1.38 bits per heavy atom. The van der Waals surface area contributed by atoms with Gasteiger partial charge in [-0.25, -0.2) is 0 Å². The minimum absolute atomic E-state index is 0.0462. The molecule has 1 aromatic heterocycles. The molecule has 0 saturated carbocycles. The quantitative estimate of drug-likeness (QED) is 0.843. The monoisotopic (exact) mass is 294 g/mol. The summed E-state index contributed by atoms with van der Waals surface area (Å²) < 4.78 is 0. The summed E-state index contributed by atoms with van der Waals surface area (Å²) >= 11 is 0. The van der Waals surface area contributed by atoms with E-state index < -0.39 is 0 Å². The molecule has 1 fully saturated rings. The number of nitrogen functional groups attached to an aromatic ring is 1. The van der Waals surface area contributed by atoms with Crippen molar-refractivity contribution in [1.29, 1.82) is 0 Å². The van der Waals surface area contributed by atoms with Gasteiger partial charge in [0, 0.05) is 32.7 Å². The highest BCUT2D eigenvalue weighted by molar-refractivity contribution is 5.33. The van der Waals surface area contributed by atoms with Gasteiger partial charge in [0.2, 0.25) is 11.9 Å². The molecule has 1 saturated heterocycles. The molecule has 2 unspecified atom stereocenters. The number of likely N-dealkylation sites (tertiary alicyclic amines) is 1. The molecule has 1 aromatic rings. The minimum Gasteiger partial charge on any atom is -0.396 e. The second-order valence-electron chi connectivity index (χ2n) is 6.47. The van der Waals surface area contributed by atoms with Gasteiger partial charge in [0.15, 0.2) is 5.82 Å². The average Bonchev–Trinajstić information content (AvgIpc) is 2.46. The lowest BCUT2D eigenvalue weighted by Crippen LogP contribution is -2.45. The van der Waals surface area contributed by atoms with Crippen LogP contribution in [0.15, 0.2) is 0 Å². The molecule has 0 amide bonds. The van der Waals surface area contributed by atoms with E-state index in [1.807, 2.05) is 19.0 Å². The van der Waals surface area contributed by atoms with Gasteiger partial charge in [-0.1, -0.05) is 6.92 Å². The topological polar surface area (TPSA) is 91.4 Å². The molecule has 0 spiro atoms. The third-order valence-electron chi connectivity index (χ3n) is 4.17. The van der Waals surface area contributed by atoms with Gasteiger partial charge in [0.05, 0.1) is 6.04 Å². The first-order valence-electron chi connectivity index (χ1n) is 7.38. The molecule has 2 heterocycles. The molecule has 21 heavy (non-hydrogen) atoms. The summed E-state index contributed by atoms with van der Waals surface area (Å²) in [5.41, 5.74) is 5.75. The van der Waals surface area contributed by atoms with Crippen LogP contribution in [0.1, 0.15) is 38.6 Å². The molecule has 0 bridgehead atoms. The summed E-state index contributed by atoms with van der Waals surface area (Å²) in [6.07, 6.45) is 2.12. The van der Waals surface area contributed by atoms with E-state index in [-0.39, 0.29) is 24.0 Å². The number of hydrogen-bond acceptors (Lipinski definition) is 7. The highest BCUT2D eigenvalue weighted by Crippen LogP contribution is 2.33. The predicted molar refractivity (Wildman–Crippen MR) is 83.0 cm³/mol. The summed E-state index contributed by atoms with van der Waals surface area (Å²) in [7, 11) is 3.76. The SMILES string of the molecule is CC(c1nc(N)nc(N(C)C)n1)N1CCCC(C)(CO)C1. The van der Waals surface area contributed by atoms with E-state index in [2.05, 4.69) is 33.7 Å². The van der Waals surface area contributed by atoms with Gasteiger partial charge in [-0.3, -0.25) is 4.90 Å². The molecule has 2 atom stereocenters. The van der Waals surface area contributed by atoms with E-state index in [4.69, 9.17) is 5.73 Å². The standard InChI is InChI=1S/C14H26N6O/c1-10(20-7-5-6-14(2,8-20)9-21)11-16-12(15)18-13(17-11)19(3)4/h10,21H,5-9H2,1-4H3,(H2,15,16,17,18). The van der Waals surface area contributed by atoms with Gasteiger partial charge in [0.1, 0.15) is 0 Å². The van der Waals surface area contributed by atoms with Crippen molar-refractivity contribution in [2.75, 3.05) is 44.4 Å². The first-order chi connectivity index (χ1) is 9.84. The highest BCUT2D eigenvalue weighted by Gasteiger charge is 2.33. The van der Waals surface area contributed by atoms with Crippen molar-refractivity contribution in [1.82, 2.24) is 19.9 Å². The predicted octanol–water partition coefficient (Wildman–Crippen LogP) is 0.675. The second-order valence-corrected chi connectivity index (χ2v) is 6.47. The Hall–Kier alpha value is -1.47. The molecule has 0 aromatic carbocycles. The number of nitrogens with two attached hydrogens (primary N) is 1. The van der Waals surface area contributed by atoms with Crippen molar-refractivity contribution in [3.05, 3.63) is 5.82 Å². The van der Waals surface area contributed by atoms with Crippen LogP contribution in [-0.4, -0.2) is 58.8 Å². The maximum absolute atomic E-state index is 9.59. The minimum atomic E-state index is -0.0462. The Bertz CT molecular complexity index is 494. The lowest BCUT2D eigenvalue weighted by molar-refractivity contribution is 0.0263. The number of aromatic nitrogens is 3. The maximum atomic E-state index is 9.59. The average molecular weight is 294 g/mol. The van der Waals surface area contributed by atoms with Crippen LogP contribution in [0.3, 0.4) is 0 Å². The zero-order chi connectivity index (χ0) is 15.6. The number of hydrogen-bond donors (Lipinski definition) is 2. The van der Waals surface area contributed by atoms with Crippen LogP contribution in [0.5, 0.6) is 0 Å². The zero-order valence-electron chi connectivity index (χ0n) is 13.4. The maximum Gasteiger partial charge on any atom is 0.229 e. The Morgan fingerprint density at radius 3 is 2.71 bits per heavy atom. The normalized spacial score (nSPS) is 24.8. The Kier molecular flexibility index (Phi) is 4.63. The molecule has 3 N–H and O–H groups in total. The van der Waals surface area contributed by atoms with E-state index in [0.29, 0.717) is 11.8 Å². The molecule has 0 radical (unpaired) electrons.